The number of sulfonamides is 1. The second-order valence-corrected chi connectivity index (χ2v) is 9.10. The second-order valence-electron chi connectivity index (χ2n) is 7.05. The van der Waals surface area contributed by atoms with Gasteiger partial charge >= 0.3 is 0 Å². The van der Waals surface area contributed by atoms with Crippen molar-refractivity contribution in [1.82, 2.24) is 4.31 Å². The third-order valence-corrected chi connectivity index (χ3v) is 6.27. The summed E-state index contributed by atoms with van der Waals surface area (Å²) in [5.74, 6) is -0.261. The number of nitrogens with zero attached hydrogens (tertiary/aromatic N) is 1. The Morgan fingerprint density at radius 1 is 0.903 bits per heavy atom. The molecule has 2 amide bonds. The standard InChI is InChI=1S/C22H23N3O5S/c1-15-4-11-20(12-5-15)31(28,29)25(3)14-19-10-13-21(30-19)22(27)24-18-8-6-17(7-9-18)23-16(2)26/h4-13H,14H2,1-3H3,(H,23,26)(H,24,27). The highest BCUT2D eigenvalue weighted by atomic mass is 32.2. The zero-order valence-electron chi connectivity index (χ0n) is 17.4. The molecule has 3 aromatic rings. The Balaban J connectivity index is 1.64. The van der Waals surface area contributed by atoms with Gasteiger partial charge in [0.1, 0.15) is 5.76 Å². The molecule has 0 spiro atoms. The van der Waals surface area contributed by atoms with E-state index in [0.717, 1.165) is 5.56 Å². The van der Waals surface area contributed by atoms with Gasteiger partial charge in [-0.15, -0.1) is 0 Å². The lowest BCUT2D eigenvalue weighted by Gasteiger charge is -2.16. The van der Waals surface area contributed by atoms with Gasteiger partial charge in [-0.25, -0.2) is 8.42 Å². The summed E-state index contributed by atoms with van der Waals surface area (Å²) in [5.41, 5.74) is 2.10. The van der Waals surface area contributed by atoms with Crippen molar-refractivity contribution in [3.8, 4) is 0 Å². The van der Waals surface area contributed by atoms with Crippen LogP contribution in [-0.2, 0) is 21.4 Å². The number of hydrogen-bond donors (Lipinski definition) is 2. The van der Waals surface area contributed by atoms with Crippen LogP contribution in [0, 0.1) is 6.92 Å². The van der Waals surface area contributed by atoms with E-state index in [4.69, 9.17) is 4.42 Å². The molecule has 1 aromatic heterocycles. The summed E-state index contributed by atoms with van der Waals surface area (Å²) in [6, 6.07) is 16.3. The van der Waals surface area contributed by atoms with Crippen LogP contribution in [-0.4, -0.2) is 31.6 Å². The lowest BCUT2D eigenvalue weighted by molar-refractivity contribution is -0.114. The molecule has 8 nitrogen and oxygen atoms in total. The van der Waals surface area contributed by atoms with Gasteiger partial charge in [-0.05, 0) is 55.5 Å². The average molecular weight is 442 g/mol. The number of anilines is 2. The van der Waals surface area contributed by atoms with Gasteiger partial charge in [-0.3, -0.25) is 9.59 Å². The zero-order chi connectivity index (χ0) is 22.6. The van der Waals surface area contributed by atoms with Gasteiger partial charge < -0.3 is 15.1 Å². The van der Waals surface area contributed by atoms with Gasteiger partial charge in [-0.1, -0.05) is 17.7 Å². The number of carbonyl (C=O) groups excluding carboxylic acids is 2. The number of rotatable bonds is 7. The van der Waals surface area contributed by atoms with Gasteiger partial charge in [0.2, 0.25) is 15.9 Å². The first-order valence-corrected chi connectivity index (χ1v) is 10.9. The van der Waals surface area contributed by atoms with E-state index in [2.05, 4.69) is 10.6 Å². The van der Waals surface area contributed by atoms with Crippen LogP contribution in [0.25, 0.3) is 0 Å². The summed E-state index contributed by atoms with van der Waals surface area (Å²) in [6.45, 7) is 3.27. The smallest absolute Gasteiger partial charge is 0.291 e. The fraction of sp³-hybridized carbons (Fsp3) is 0.182. The minimum absolute atomic E-state index is 0.0189. The molecule has 0 fully saturated rings. The molecular formula is C22H23N3O5S. The summed E-state index contributed by atoms with van der Waals surface area (Å²) in [6.07, 6.45) is 0. The molecule has 2 aromatic carbocycles. The predicted molar refractivity (Wildman–Crippen MR) is 117 cm³/mol. The molecule has 0 aliphatic heterocycles. The molecule has 1 heterocycles. The fourth-order valence-electron chi connectivity index (χ4n) is 2.81. The van der Waals surface area contributed by atoms with Crippen molar-refractivity contribution in [1.29, 1.82) is 0 Å². The number of aryl methyl sites for hydroxylation is 1. The normalized spacial score (nSPS) is 11.4. The molecule has 0 atom stereocenters. The van der Waals surface area contributed by atoms with Crippen LogP contribution in [0.4, 0.5) is 11.4 Å². The van der Waals surface area contributed by atoms with Crippen LogP contribution in [0.5, 0.6) is 0 Å². The predicted octanol–water partition coefficient (Wildman–Crippen LogP) is 3.62. The Morgan fingerprint density at radius 3 is 2.06 bits per heavy atom. The van der Waals surface area contributed by atoms with E-state index < -0.39 is 15.9 Å². The van der Waals surface area contributed by atoms with E-state index in [1.807, 2.05) is 6.92 Å². The monoisotopic (exact) mass is 441 g/mol. The molecule has 9 heteroatoms. The third kappa shape index (κ3) is 5.59. The first-order chi connectivity index (χ1) is 14.6. The average Bonchev–Trinajstić information content (AvgIpc) is 3.18. The zero-order valence-corrected chi connectivity index (χ0v) is 18.2. The van der Waals surface area contributed by atoms with E-state index >= 15 is 0 Å². The first-order valence-electron chi connectivity index (χ1n) is 9.46. The number of hydrogen-bond acceptors (Lipinski definition) is 5. The van der Waals surface area contributed by atoms with Crippen molar-refractivity contribution in [3.63, 3.8) is 0 Å². The fourth-order valence-corrected chi connectivity index (χ4v) is 3.95. The Labute approximate surface area is 180 Å². The molecule has 31 heavy (non-hydrogen) atoms. The minimum atomic E-state index is -3.68. The van der Waals surface area contributed by atoms with Crippen molar-refractivity contribution in [2.75, 3.05) is 17.7 Å². The topological polar surface area (TPSA) is 109 Å². The molecule has 0 saturated heterocycles. The summed E-state index contributed by atoms with van der Waals surface area (Å²) in [7, 11) is -2.23. The summed E-state index contributed by atoms with van der Waals surface area (Å²) in [5, 5.41) is 5.33. The number of carbonyl (C=O) groups is 2. The highest BCUT2D eigenvalue weighted by Crippen LogP contribution is 2.20. The Hall–Kier alpha value is -3.43. The van der Waals surface area contributed by atoms with Crippen LogP contribution in [0.15, 0.2) is 70.0 Å². The van der Waals surface area contributed by atoms with Crippen molar-refractivity contribution in [2.24, 2.45) is 0 Å². The molecule has 162 valence electrons. The Kier molecular flexibility index (Phi) is 6.57. The second kappa shape index (κ2) is 9.15. The van der Waals surface area contributed by atoms with Crippen LogP contribution in [0.3, 0.4) is 0 Å². The van der Waals surface area contributed by atoms with Gasteiger partial charge in [0.25, 0.3) is 5.91 Å². The molecule has 0 saturated carbocycles. The molecule has 0 bridgehead atoms. The van der Waals surface area contributed by atoms with Gasteiger partial charge in [0.05, 0.1) is 11.4 Å². The maximum atomic E-state index is 12.7. The molecule has 0 unspecified atom stereocenters. The van der Waals surface area contributed by atoms with Crippen molar-refractivity contribution >= 4 is 33.2 Å². The van der Waals surface area contributed by atoms with Gasteiger partial charge in [-0.2, -0.15) is 4.31 Å². The summed E-state index contributed by atoms with van der Waals surface area (Å²) < 4.78 is 32.1. The van der Waals surface area contributed by atoms with Crippen LogP contribution in [0.2, 0.25) is 0 Å². The lowest BCUT2D eigenvalue weighted by atomic mass is 10.2. The lowest BCUT2D eigenvalue weighted by Crippen LogP contribution is -2.26. The SMILES string of the molecule is CC(=O)Nc1ccc(NC(=O)c2ccc(CN(C)S(=O)(=O)c3ccc(C)cc3)o2)cc1. The Morgan fingerprint density at radius 2 is 1.48 bits per heavy atom. The highest BCUT2D eigenvalue weighted by molar-refractivity contribution is 7.89. The van der Waals surface area contributed by atoms with Gasteiger partial charge in [0.15, 0.2) is 5.76 Å². The number of nitrogens with one attached hydrogen (secondary N) is 2. The first kappa shape index (κ1) is 22.3. The molecule has 0 radical (unpaired) electrons. The maximum Gasteiger partial charge on any atom is 0.291 e. The van der Waals surface area contributed by atoms with Crippen LogP contribution >= 0.6 is 0 Å². The molecule has 0 aliphatic carbocycles. The highest BCUT2D eigenvalue weighted by Gasteiger charge is 2.22. The van der Waals surface area contributed by atoms with E-state index in [0.29, 0.717) is 17.1 Å². The largest absolute Gasteiger partial charge is 0.455 e. The van der Waals surface area contributed by atoms with E-state index in [1.54, 1.807) is 54.6 Å². The maximum absolute atomic E-state index is 12.7. The third-order valence-electron chi connectivity index (χ3n) is 4.46. The van der Waals surface area contributed by atoms with Crippen molar-refractivity contribution < 1.29 is 22.4 Å². The number of amides is 2. The quantitative estimate of drug-likeness (QED) is 0.582. The molecule has 2 N–H and O–H groups in total. The molecule has 0 aliphatic rings. The van der Waals surface area contributed by atoms with Crippen LogP contribution in [0.1, 0.15) is 28.8 Å². The molecule has 3 rings (SSSR count). The van der Waals surface area contributed by atoms with E-state index in [-0.39, 0.29) is 23.1 Å². The van der Waals surface area contributed by atoms with Gasteiger partial charge in [0, 0.05) is 25.3 Å². The van der Waals surface area contributed by atoms with Crippen LogP contribution < -0.4 is 10.6 Å². The molecular weight excluding hydrogens is 418 g/mol. The van der Waals surface area contributed by atoms with E-state index in [9.17, 15) is 18.0 Å². The number of benzene rings is 2. The van der Waals surface area contributed by atoms with E-state index in [1.165, 1.54) is 24.3 Å². The summed E-state index contributed by atoms with van der Waals surface area (Å²) >= 11 is 0. The van der Waals surface area contributed by atoms with Crippen molar-refractivity contribution in [3.05, 3.63) is 77.7 Å². The minimum Gasteiger partial charge on any atom is -0.455 e. The Bertz CT molecular complexity index is 1180. The number of furan rings is 1. The van der Waals surface area contributed by atoms with Crippen molar-refractivity contribution in [2.45, 2.75) is 25.3 Å². The summed E-state index contributed by atoms with van der Waals surface area (Å²) in [4.78, 5) is 23.7.